The van der Waals surface area contributed by atoms with Crippen LogP contribution >= 0.6 is 0 Å². The van der Waals surface area contributed by atoms with Crippen molar-refractivity contribution >= 4 is 5.91 Å². The van der Waals surface area contributed by atoms with Gasteiger partial charge in [0.25, 0.3) is 0 Å². The van der Waals surface area contributed by atoms with Crippen LogP contribution in [0.25, 0.3) is 0 Å². The van der Waals surface area contributed by atoms with Gasteiger partial charge < -0.3 is 5.32 Å². The van der Waals surface area contributed by atoms with E-state index in [2.05, 4.69) is 44.3 Å². The average Bonchev–Trinajstić information content (AvgIpc) is 3.19. The summed E-state index contributed by atoms with van der Waals surface area (Å²) in [6, 6.07) is 14.1. The summed E-state index contributed by atoms with van der Waals surface area (Å²) in [6.45, 7) is 5.50. The summed E-state index contributed by atoms with van der Waals surface area (Å²) in [5.41, 5.74) is 1.81. The number of likely N-dealkylation sites (tertiary alicyclic amines) is 1. The van der Waals surface area contributed by atoms with Gasteiger partial charge in [-0.3, -0.25) is 14.7 Å². The summed E-state index contributed by atoms with van der Waals surface area (Å²) < 4.78 is 1.90. The predicted molar refractivity (Wildman–Crippen MR) is 110 cm³/mol. The van der Waals surface area contributed by atoms with Gasteiger partial charge in [0.15, 0.2) is 0 Å². The minimum atomic E-state index is -0.425. The molecule has 0 radical (unpaired) electrons. The molecule has 3 heterocycles. The molecule has 0 atom stereocenters. The van der Waals surface area contributed by atoms with E-state index in [1.807, 2.05) is 35.0 Å². The highest BCUT2D eigenvalue weighted by Gasteiger charge is 2.49. The molecule has 1 aliphatic rings. The van der Waals surface area contributed by atoms with E-state index in [0.29, 0.717) is 26.2 Å². The van der Waals surface area contributed by atoms with Gasteiger partial charge in [-0.05, 0) is 36.6 Å². The summed E-state index contributed by atoms with van der Waals surface area (Å²) in [5.74, 6) is 1.05. The molecule has 1 fully saturated rings. The third kappa shape index (κ3) is 4.35. The van der Waals surface area contributed by atoms with Crippen molar-refractivity contribution in [1.82, 2.24) is 30.0 Å². The van der Waals surface area contributed by atoms with Crippen molar-refractivity contribution in [3.8, 4) is 0 Å². The van der Waals surface area contributed by atoms with Crippen molar-refractivity contribution in [2.24, 2.45) is 5.41 Å². The number of benzene rings is 1. The highest BCUT2D eigenvalue weighted by Crippen LogP contribution is 2.35. The fraction of sp³-hybridized carbons (Fsp3) is 0.364. The van der Waals surface area contributed by atoms with Gasteiger partial charge in [0.1, 0.15) is 12.2 Å². The van der Waals surface area contributed by atoms with Crippen molar-refractivity contribution in [2.45, 2.75) is 33.0 Å². The molecule has 3 aromatic rings. The van der Waals surface area contributed by atoms with Crippen molar-refractivity contribution in [3.05, 3.63) is 78.1 Å². The van der Waals surface area contributed by atoms with Gasteiger partial charge in [0.2, 0.25) is 5.91 Å². The van der Waals surface area contributed by atoms with Crippen LogP contribution in [0.5, 0.6) is 0 Å². The topological polar surface area (TPSA) is 75.9 Å². The molecule has 1 amide bonds. The van der Waals surface area contributed by atoms with Gasteiger partial charge in [-0.1, -0.05) is 30.3 Å². The lowest BCUT2D eigenvalue weighted by Gasteiger charge is -2.49. The molecule has 7 heteroatoms. The maximum atomic E-state index is 13.2. The molecule has 29 heavy (non-hydrogen) atoms. The molecule has 2 aromatic heterocycles. The third-order valence-electron chi connectivity index (χ3n) is 5.48. The standard InChI is InChI=1S/C22H26N6O/c1-2-28-20(25-17-26-28)14-27-15-22(16-27,12-18-6-4-3-5-7-18)21(29)24-13-19-8-10-23-11-9-19/h3-11,17H,2,12-16H2,1H3,(H,24,29). The Morgan fingerprint density at radius 3 is 2.59 bits per heavy atom. The maximum absolute atomic E-state index is 13.2. The highest BCUT2D eigenvalue weighted by atomic mass is 16.2. The Morgan fingerprint density at radius 2 is 1.86 bits per heavy atom. The number of hydrogen-bond donors (Lipinski definition) is 1. The number of aryl methyl sites for hydroxylation is 1. The van der Waals surface area contributed by atoms with Crippen molar-refractivity contribution in [3.63, 3.8) is 0 Å². The molecule has 150 valence electrons. The molecule has 7 nitrogen and oxygen atoms in total. The first kappa shape index (κ1) is 19.3. The second kappa shape index (κ2) is 8.53. The minimum Gasteiger partial charge on any atom is -0.351 e. The number of nitrogens with one attached hydrogen (secondary N) is 1. The second-order valence-corrected chi connectivity index (χ2v) is 7.62. The average molecular weight is 390 g/mol. The van der Waals surface area contributed by atoms with Gasteiger partial charge in [-0.15, -0.1) is 0 Å². The molecule has 0 saturated carbocycles. The molecule has 0 bridgehead atoms. The quantitative estimate of drug-likeness (QED) is 0.637. The van der Waals surface area contributed by atoms with Gasteiger partial charge in [-0.2, -0.15) is 5.10 Å². The Morgan fingerprint density at radius 1 is 1.10 bits per heavy atom. The molecule has 4 rings (SSSR count). The van der Waals surface area contributed by atoms with Gasteiger partial charge >= 0.3 is 0 Å². The van der Waals surface area contributed by atoms with Crippen LogP contribution in [0.2, 0.25) is 0 Å². The van der Waals surface area contributed by atoms with Crippen LogP contribution in [0.4, 0.5) is 0 Å². The number of aromatic nitrogens is 4. The monoisotopic (exact) mass is 390 g/mol. The zero-order valence-electron chi connectivity index (χ0n) is 16.7. The largest absolute Gasteiger partial charge is 0.351 e. The van der Waals surface area contributed by atoms with Gasteiger partial charge in [0.05, 0.1) is 12.0 Å². The Labute approximate surface area is 170 Å². The summed E-state index contributed by atoms with van der Waals surface area (Å²) in [4.78, 5) is 23.9. The maximum Gasteiger partial charge on any atom is 0.229 e. The molecule has 1 aliphatic heterocycles. The number of amides is 1. The van der Waals surface area contributed by atoms with E-state index >= 15 is 0 Å². The van der Waals surface area contributed by atoms with E-state index in [9.17, 15) is 4.79 Å². The SMILES string of the molecule is CCn1ncnc1CN1CC(Cc2ccccc2)(C(=O)NCc2ccncc2)C1. The molecule has 1 N–H and O–H groups in total. The number of rotatable bonds is 8. The molecule has 1 aromatic carbocycles. The molecule has 1 saturated heterocycles. The first-order chi connectivity index (χ1) is 14.2. The van der Waals surface area contributed by atoms with E-state index in [-0.39, 0.29) is 5.91 Å². The number of carbonyl (C=O) groups excluding carboxylic acids is 1. The molecule has 0 aliphatic carbocycles. The van der Waals surface area contributed by atoms with E-state index in [1.54, 1.807) is 18.7 Å². The molecular weight excluding hydrogens is 364 g/mol. The Bertz CT molecular complexity index is 934. The Hall–Kier alpha value is -3.06. The van der Waals surface area contributed by atoms with E-state index < -0.39 is 5.41 Å². The molecular formula is C22H26N6O. The lowest BCUT2D eigenvalue weighted by molar-refractivity contribution is -0.142. The highest BCUT2D eigenvalue weighted by molar-refractivity contribution is 5.84. The number of nitrogens with zero attached hydrogens (tertiary/aromatic N) is 5. The van der Waals surface area contributed by atoms with Crippen LogP contribution < -0.4 is 5.32 Å². The normalized spacial score (nSPS) is 15.6. The van der Waals surface area contributed by atoms with Crippen LogP contribution in [0.3, 0.4) is 0 Å². The van der Waals surface area contributed by atoms with Gasteiger partial charge in [0, 0.05) is 38.6 Å². The zero-order chi connectivity index (χ0) is 20.1. The van der Waals surface area contributed by atoms with E-state index in [0.717, 1.165) is 24.4 Å². The minimum absolute atomic E-state index is 0.103. The number of carbonyl (C=O) groups is 1. The van der Waals surface area contributed by atoms with Crippen molar-refractivity contribution in [2.75, 3.05) is 13.1 Å². The number of hydrogen-bond acceptors (Lipinski definition) is 5. The summed E-state index contributed by atoms with van der Waals surface area (Å²) in [6.07, 6.45) is 5.82. The lowest BCUT2D eigenvalue weighted by Crippen LogP contribution is -2.63. The first-order valence-corrected chi connectivity index (χ1v) is 9.99. The van der Waals surface area contributed by atoms with E-state index in [4.69, 9.17) is 0 Å². The lowest BCUT2D eigenvalue weighted by atomic mass is 9.73. The van der Waals surface area contributed by atoms with Crippen LogP contribution in [0.1, 0.15) is 23.9 Å². The van der Waals surface area contributed by atoms with Crippen molar-refractivity contribution in [1.29, 1.82) is 0 Å². The fourth-order valence-electron chi connectivity index (χ4n) is 3.99. The Kier molecular flexibility index (Phi) is 5.67. The fourth-order valence-corrected chi connectivity index (χ4v) is 3.99. The van der Waals surface area contributed by atoms with E-state index in [1.165, 1.54) is 5.56 Å². The van der Waals surface area contributed by atoms with Crippen LogP contribution in [-0.4, -0.2) is 43.6 Å². The molecule has 0 unspecified atom stereocenters. The Balaban J connectivity index is 1.45. The molecule has 0 spiro atoms. The summed E-state index contributed by atoms with van der Waals surface area (Å²) in [7, 11) is 0. The second-order valence-electron chi connectivity index (χ2n) is 7.62. The van der Waals surface area contributed by atoms with Crippen LogP contribution in [0.15, 0.2) is 61.2 Å². The zero-order valence-corrected chi connectivity index (χ0v) is 16.7. The van der Waals surface area contributed by atoms with Crippen LogP contribution in [-0.2, 0) is 30.8 Å². The predicted octanol–water partition coefficient (Wildman–Crippen LogP) is 2.05. The first-order valence-electron chi connectivity index (χ1n) is 9.99. The number of pyridine rings is 1. The third-order valence-corrected chi connectivity index (χ3v) is 5.48. The van der Waals surface area contributed by atoms with Crippen LogP contribution in [0, 0.1) is 5.41 Å². The van der Waals surface area contributed by atoms with Gasteiger partial charge in [-0.25, -0.2) is 9.67 Å². The summed E-state index contributed by atoms with van der Waals surface area (Å²) in [5, 5.41) is 7.38. The summed E-state index contributed by atoms with van der Waals surface area (Å²) >= 11 is 0. The van der Waals surface area contributed by atoms with Crippen molar-refractivity contribution < 1.29 is 4.79 Å². The smallest absolute Gasteiger partial charge is 0.229 e.